The topological polar surface area (TPSA) is 94.3 Å². The molecule has 5 rings (SSSR count). The van der Waals surface area contributed by atoms with E-state index in [1.165, 1.54) is 24.4 Å². The van der Waals surface area contributed by atoms with Gasteiger partial charge in [0.15, 0.2) is 15.6 Å². The normalized spacial score (nSPS) is 11.6. The number of rotatable bonds is 5. The quantitative estimate of drug-likeness (QED) is 0.373. The van der Waals surface area contributed by atoms with Gasteiger partial charge >= 0.3 is 0 Å². The Labute approximate surface area is 201 Å². The Morgan fingerprint density at radius 1 is 0.971 bits per heavy atom. The van der Waals surface area contributed by atoms with Crippen molar-refractivity contribution in [1.82, 2.24) is 14.5 Å². The Hall–Kier alpha value is -4.24. The van der Waals surface area contributed by atoms with Crippen molar-refractivity contribution in [3.63, 3.8) is 0 Å². The van der Waals surface area contributed by atoms with Gasteiger partial charge in [-0.2, -0.15) is 0 Å². The SMILES string of the molecule is COc1ccc(-n2cnc3cnc(-c4ccc(-c5ccccc5S(C)(=O)=O)cc4F)c(O)c32)cc1. The summed E-state index contributed by atoms with van der Waals surface area (Å²) in [6.07, 6.45) is 4.13. The number of halogens is 1. The molecule has 0 saturated heterocycles. The molecule has 0 radical (unpaired) electrons. The summed E-state index contributed by atoms with van der Waals surface area (Å²) >= 11 is 0. The number of hydrogen-bond acceptors (Lipinski definition) is 6. The number of aromatic hydroxyl groups is 1. The molecule has 1 N–H and O–H groups in total. The Morgan fingerprint density at radius 2 is 1.71 bits per heavy atom. The van der Waals surface area contributed by atoms with Gasteiger partial charge in [0, 0.05) is 23.1 Å². The molecule has 0 amide bonds. The number of aromatic nitrogens is 3. The first-order chi connectivity index (χ1) is 16.8. The van der Waals surface area contributed by atoms with E-state index in [9.17, 15) is 13.5 Å². The molecule has 0 spiro atoms. The van der Waals surface area contributed by atoms with Crippen LogP contribution in [-0.2, 0) is 9.84 Å². The minimum atomic E-state index is -3.51. The zero-order valence-corrected chi connectivity index (χ0v) is 19.6. The van der Waals surface area contributed by atoms with Crippen LogP contribution < -0.4 is 4.74 Å². The van der Waals surface area contributed by atoms with E-state index in [0.717, 1.165) is 11.9 Å². The third kappa shape index (κ3) is 4.00. The van der Waals surface area contributed by atoms with Crippen LogP contribution in [-0.4, -0.2) is 41.4 Å². The van der Waals surface area contributed by atoms with E-state index in [-0.39, 0.29) is 21.9 Å². The number of nitrogens with zero attached hydrogens (tertiary/aromatic N) is 3. The van der Waals surface area contributed by atoms with Crippen LogP contribution in [0.3, 0.4) is 0 Å². The van der Waals surface area contributed by atoms with Crippen LogP contribution >= 0.6 is 0 Å². The Bertz CT molecular complexity index is 1680. The van der Waals surface area contributed by atoms with Gasteiger partial charge in [0.1, 0.15) is 34.6 Å². The highest BCUT2D eigenvalue weighted by Crippen LogP contribution is 2.38. The second-order valence-corrected chi connectivity index (χ2v) is 9.95. The van der Waals surface area contributed by atoms with Crippen LogP contribution in [0.1, 0.15) is 0 Å². The van der Waals surface area contributed by atoms with Crippen LogP contribution in [0.4, 0.5) is 4.39 Å². The van der Waals surface area contributed by atoms with Gasteiger partial charge in [-0.05, 0) is 48.0 Å². The van der Waals surface area contributed by atoms with E-state index in [4.69, 9.17) is 4.74 Å². The van der Waals surface area contributed by atoms with Crippen molar-refractivity contribution in [2.75, 3.05) is 13.4 Å². The fourth-order valence-electron chi connectivity index (χ4n) is 4.03. The monoisotopic (exact) mass is 489 g/mol. The van der Waals surface area contributed by atoms with Gasteiger partial charge in [0.25, 0.3) is 0 Å². The number of benzene rings is 3. The maximum atomic E-state index is 15.3. The minimum absolute atomic E-state index is 0.0493. The molecule has 9 heteroatoms. The molecule has 2 aromatic heterocycles. The first-order valence-electron chi connectivity index (χ1n) is 10.6. The predicted molar refractivity (Wildman–Crippen MR) is 131 cm³/mol. The number of fused-ring (bicyclic) bond motifs is 1. The fourth-order valence-corrected chi connectivity index (χ4v) is 4.94. The van der Waals surface area contributed by atoms with Crippen molar-refractivity contribution in [3.8, 4) is 39.6 Å². The summed E-state index contributed by atoms with van der Waals surface area (Å²) in [6, 6.07) is 17.9. The van der Waals surface area contributed by atoms with E-state index in [0.29, 0.717) is 27.9 Å². The molecule has 0 aliphatic heterocycles. The van der Waals surface area contributed by atoms with Gasteiger partial charge < -0.3 is 9.84 Å². The number of sulfone groups is 1. The van der Waals surface area contributed by atoms with Crippen LogP contribution in [0.2, 0.25) is 0 Å². The maximum absolute atomic E-state index is 15.3. The van der Waals surface area contributed by atoms with Gasteiger partial charge in [-0.25, -0.2) is 22.8 Å². The lowest BCUT2D eigenvalue weighted by Crippen LogP contribution is -2.00. The summed E-state index contributed by atoms with van der Waals surface area (Å²) in [5.74, 6) is -0.188. The van der Waals surface area contributed by atoms with Gasteiger partial charge in [0.2, 0.25) is 0 Å². The third-order valence-corrected chi connectivity index (χ3v) is 6.89. The highest BCUT2D eigenvalue weighted by atomic mass is 32.2. The van der Waals surface area contributed by atoms with Crippen molar-refractivity contribution in [1.29, 1.82) is 0 Å². The summed E-state index contributed by atoms with van der Waals surface area (Å²) in [7, 11) is -1.93. The molecule has 0 aliphatic rings. The predicted octanol–water partition coefficient (Wildman–Crippen LogP) is 5.01. The number of methoxy groups -OCH3 is 1. The molecule has 0 unspecified atom stereocenters. The first-order valence-corrected chi connectivity index (χ1v) is 12.5. The second-order valence-electron chi connectivity index (χ2n) is 7.96. The molecule has 0 aliphatic carbocycles. The summed E-state index contributed by atoms with van der Waals surface area (Å²) < 4.78 is 46.6. The first kappa shape index (κ1) is 22.5. The highest BCUT2D eigenvalue weighted by Gasteiger charge is 2.20. The fraction of sp³-hybridized carbons (Fsp3) is 0.0769. The molecular formula is C26H20FN3O4S. The smallest absolute Gasteiger partial charge is 0.176 e. The lowest BCUT2D eigenvalue weighted by atomic mass is 10.0. The zero-order valence-electron chi connectivity index (χ0n) is 18.8. The summed E-state index contributed by atoms with van der Waals surface area (Å²) in [6.45, 7) is 0. The Kier molecular flexibility index (Phi) is 5.49. The zero-order chi connectivity index (χ0) is 24.7. The summed E-state index contributed by atoms with van der Waals surface area (Å²) in [5.41, 5.74) is 2.48. The molecule has 3 aromatic carbocycles. The van der Waals surface area contributed by atoms with Crippen LogP contribution in [0.15, 0.2) is 84.1 Å². The van der Waals surface area contributed by atoms with E-state index in [2.05, 4.69) is 9.97 Å². The van der Waals surface area contributed by atoms with E-state index in [1.54, 1.807) is 54.4 Å². The second kappa shape index (κ2) is 8.52. The van der Waals surface area contributed by atoms with Crippen LogP contribution in [0, 0.1) is 5.82 Å². The number of imidazole rings is 1. The van der Waals surface area contributed by atoms with E-state index >= 15 is 4.39 Å². The van der Waals surface area contributed by atoms with Crippen molar-refractivity contribution in [3.05, 3.63) is 85.1 Å². The lowest BCUT2D eigenvalue weighted by molar-refractivity contribution is 0.415. The largest absolute Gasteiger partial charge is 0.504 e. The number of hydrogen-bond donors (Lipinski definition) is 1. The van der Waals surface area contributed by atoms with E-state index < -0.39 is 15.7 Å². The van der Waals surface area contributed by atoms with Crippen LogP contribution in [0.5, 0.6) is 11.5 Å². The lowest BCUT2D eigenvalue weighted by Gasteiger charge is -2.12. The van der Waals surface area contributed by atoms with Crippen molar-refractivity contribution in [2.24, 2.45) is 0 Å². The molecule has 5 aromatic rings. The number of pyridine rings is 1. The Morgan fingerprint density at radius 3 is 2.40 bits per heavy atom. The molecule has 0 bridgehead atoms. The molecule has 176 valence electrons. The molecule has 0 atom stereocenters. The molecular weight excluding hydrogens is 469 g/mol. The average molecular weight is 490 g/mol. The van der Waals surface area contributed by atoms with Gasteiger partial charge in [-0.15, -0.1) is 0 Å². The van der Waals surface area contributed by atoms with Gasteiger partial charge in [-0.1, -0.05) is 24.3 Å². The molecule has 35 heavy (non-hydrogen) atoms. The van der Waals surface area contributed by atoms with Crippen molar-refractivity contribution < 1.29 is 22.7 Å². The molecule has 0 fully saturated rings. The standard InChI is InChI=1S/C26H20FN3O4S/c1-34-18-10-8-17(9-11-18)30-15-29-22-14-28-24(26(31)25(22)30)20-12-7-16(13-21(20)27)19-5-3-4-6-23(19)35(2,32)33/h3-15,31H,1-2H3. The molecule has 7 nitrogen and oxygen atoms in total. The maximum Gasteiger partial charge on any atom is 0.176 e. The van der Waals surface area contributed by atoms with E-state index in [1.807, 2.05) is 12.1 Å². The van der Waals surface area contributed by atoms with Crippen molar-refractivity contribution in [2.45, 2.75) is 4.90 Å². The average Bonchev–Trinajstić information content (AvgIpc) is 3.29. The van der Waals surface area contributed by atoms with Gasteiger partial charge in [-0.3, -0.25) is 4.57 Å². The summed E-state index contributed by atoms with van der Waals surface area (Å²) in [5, 5.41) is 11.1. The number of ether oxygens (including phenoxy) is 1. The highest BCUT2D eigenvalue weighted by molar-refractivity contribution is 7.90. The molecule has 0 saturated carbocycles. The Balaban J connectivity index is 1.62. The van der Waals surface area contributed by atoms with Crippen LogP contribution in [0.25, 0.3) is 39.1 Å². The summed E-state index contributed by atoms with van der Waals surface area (Å²) in [4.78, 5) is 8.66. The molecule has 2 heterocycles. The van der Waals surface area contributed by atoms with Crippen molar-refractivity contribution >= 4 is 20.9 Å². The third-order valence-electron chi connectivity index (χ3n) is 5.73. The van der Waals surface area contributed by atoms with Gasteiger partial charge in [0.05, 0.1) is 18.2 Å². The minimum Gasteiger partial charge on any atom is -0.504 e.